The monoisotopic (exact) mass is 414 g/mol. The Morgan fingerprint density at radius 2 is 1.70 bits per heavy atom. The molecule has 0 spiro atoms. The fourth-order valence-corrected chi connectivity index (χ4v) is 2.94. The predicted octanol–water partition coefficient (Wildman–Crippen LogP) is 6.44. The van der Waals surface area contributed by atoms with Crippen LogP contribution >= 0.6 is 0 Å². The fourth-order valence-electron chi connectivity index (χ4n) is 2.94. The number of benzene rings is 1. The summed E-state index contributed by atoms with van der Waals surface area (Å²) in [5, 5.41) is 0.653. The molecule has 0 N–H and O–H groups in total. The lowest BCUT2D eigenvalue weighted by molar-refractivity contribution is 0.222. The van der Waals surface area contributed by atoms with Crippen LogP contribution in [0.3, 0.4) is 0 Å². The van der Waals surface area contributed by atoms with Crippen LogP contribution in [0, 0.1) is 0 Å². The molecular formula is C25H34O5. The van der Waals surface area contributed by atoms with Crippen LogP contribution < -0.4 is 19.8 Å². The Bertz CT molecular complexity index is 959. The second-order valence-corrected chi connectivity index (χ2v) is 8.20. The average Bonchev–Trinajstić information content (AvgIpc) is 2.63. The molecule has 0 radical (unpaired) electrons. The van der Waals surface area contributed by atoms with E-state index < -0.39 is 5.63 Å². The topological polar surface area (TPSA) is 57.9 Å². The van der Waals surface area contributed by atoms with Crippen molar-refractivity contribution in [2.45, 2.75) is 73.5 Å². The van der Waals surface area contributed by atoms with Crippen LogP contribution in [0.5, 0.6) is 17.2 Å². The van der Waals surface area contributed by atoms with Gasteiger partial charge in [-0.3, -0.25) is 0 Å². The summed E-state index contributed by atoms with van der Waals surface area (Å²) in [6.07, 6.45) is 5.95. The zero-order valence-electron chi connectivity index (χ0n) is 19.2. The maximum absolute atomic E-state index is 12.7. The molecule has 0 aliphatic rings. The van der Waals surface area contributed by atoms with Crippen molar-refractivity contribution in [3.8, 4) is 17.2 Å². The number of rotatable bonds is 10. The molecule has 0 aliphatic heterocycles. The molecule has 0 unspecified atom stereocenters. The molecule has 0 amide bonds. The Balaban J connectivity index is 2.36. The highest BCUT2D eigenvalue weighted by molar-refractivity contribution is 5.89. The summed E-state index contributed by atoms with van der Waals surface area (Å²) >= 11 is 0. The molecule has 30 heavy (non-hydrogen) atoms. The first-order chi connectivity index (χ1) is 14.2. The van der Waals surface area contributed by atoms with Gasteiger partial charge in [0.2, 0.25) is 5.75 Å². The van der Waals surface area contributed by atoms with E-state index in [2.05, 4.69) is 26.8 Å². The quantitative estimate of drug-likeness (QED) is 0.331. The molecule has 0 aliphatic carbocycles. The minimum Gasteiger partial charge on any atom is -0.487 e. The summed E-state index contributed by atoms with van der Waals surface area (Å²) in [6, 6.07) is 5.48. The molecule has 5 heteroatoms. The van der Waals surface area contributed by atoms with Gasteiger partial charge in [-0.15, -0.1) is 0 Å². The van der Waals surface area contributed by atoms with E-state index in [9.17, 15) is 4.79 Å². The van der Waals surface area contributed by atoms with Gasteiger partial charge in [0, 0.05) is 0 Å². The summed E-state index contributed by atoms with van der Waals surface area (Å²) < 4.78 is 23.2. The minimum absolute atomic E-state index is 0.0502. The Morgan fingerprint density at radius 3 is 2.33 bits per heavy atom. The molecule has 1 heterocycles. The van der Waals surface area contributed by atoms with Crippen molar-refractivity contribution in [1.82, 2.24) is 0 Å². The average molecular weight is 415 g/mol. The van der Waals surface area contributed by atoms with E-state index >= 15 is 0 Å². The zero-order valence-corrected chi connectivity index (χ0v) is 19.2. The number of hydrogen-bond acceptors (Lipinski definition) is 5. The molecule has 0 bridgehead atoms. The van der Waals surface area contributed by atoms with E-state index in [0.717, 1.165) is 12.8 Å². The fraction of sp³-hybridized carbons (Fsp3) is 0.480. The van der Waals surface area contributed by atoms with Crippen LogP contribution in [0.2, 0.25) is 0 Å². The third-order valence-corrected chi connectivity index (χ3v) is 4.28. The van der Waals surface area contributed by atoms with Gasteiger partial charge in [0.25, 0.3) is 0 Å². The van der Waals surface area contributed by atoms with Gasteiger partial charge in [0.05, 0.1) is 17.6 Å². The van der Waals surface area contributed by atoms with E-state index in [4.69, 9.17) is 18.6 Å². The third kappa shape index (κ3) is 6.68. The minimum atomic E-state index is -0.575. The Morgan fingerprint density at radius 1 is 1.00 bits per heavy atom. The van der Waals surface area contributed by atoms with Crippen molar-refractivity contribution < 1.29 is 18.6 Å². The molecule has 1 aromatic carbocycles. The lowest BCUT2D eigenvalue weighted by Crippen LogP contribution is -2.14. The highest BCUT2D eigenvalue weighted by atomic mass is 16.5. The lowest BCUT2D eigenvalue weighted by atomic mass is 10.1. The molecule has 0 atom stereocenters. The van der Waals surface area contributed by atoms with E-state index in [0.29, 0.717) is 22.5 Å². The SMILES string of the molecule is CC(C)=CCCC(C)=CCOc1c(OC(C)C)c2cccc(OC(C)C)c2oc1=O. The second kappa shape index (κ2) is 10.9. The second-order valence-electron chi connectivity index (χ2n) is 8.20. The number of fused-ring (bicyclic) bond motifs is 1. The lowest BCUT2D eigenvalue weighted by Gasteiger charge is -2.17. The third-order valence-electron chi connectivity index (χ3n) is 4.28. The van der Waals surface area contributed by atoms with Crippen LogP contribution in [0.15, 0.2) is 50.7 Å². The van der Waals surface area contributed by atoms with Gasteiger partial charge >= 0.3 is 5.63 Å². The van der Waals surface area contributed by atoms with Crippen molar-refractivity contribution in [3.63, 3.8) is 0 Å². The molecule has 0 saturated heterocycles. The highest BCUT2D eigenvalue weighted by Gasteiger charge is 2.21. The number of allylic oxidation sites excluding steroid dienone is 3. The Labute approximate surface area is 179 Å². The molecule has 1 aromatic heterocycles. The smallest absolute Gasteiger partial charge is 0.383 e. The van der Waals surface area contributed by atoms with Crippen LogP contribution in [-0.4, -0.2) is 18.8 Å². The van der Waals surface area contributed by atoms with E-state index in [1.165, 1.54) is 11.1 Å². The summed E-state index contributed by atoms with van der Waals surface area (Å²) in [7, 11) is 0. The van der Waals surface area contributed by atoms with Gasteiger partial charge in [-0.1, -0.05) is 23.3 Å². The maximum Gasteiger partial charge on any atom is 0.383 e. The summed E-state index contributed by atoms with van der Waals surface area (Å²) in [5.74, 6) is 0.988. The standard InChI is InChI=1S/C25H34O5/c1-16(2)10-8-11-19(7)14-15-27-24-23(29-18(5)6)20-12-9-13-21(28-17(3)4)22(20)30-25(24)26/h9-10,12-14,17-18H,8,11,15H2,1-7H3. The summed E-state index contributed by atoms with van der Waals surface area (Å²) in [5.41, 5.74) is 2.31. The van der Waals surface area contributed by atoms with Gasteiger partial charge in [0.15, 0.2) is 17.1 Å². The highest BCUT2D eigenvalue weighted by Crippen LogP contribution is 2.37. The molecule has 0 fully saturated rings. The van der Waals surface area contributed by atoms with Crippen molar-refractivity contribution in [2.24, 2.45) is 0 Å². The van der Waals surface area contributed by atoms with E-state index in [1.54, 1.807) is 6.07 Å². The largest absolute Gasteiger partial charge is 0.487 e. The number of para-hydroxylation sites is 1. The molecule has 164 valence electrons. The van der Waals surface area contributed by atoms with Gasteiger partial charge in [-0.05, 0) is 79.5 Å². The first kappa shape index (κ1) is 23.6. The van der Waals surface area contributed by atoms with Gasteiger partial charge in [-0.2, -0.15) is 0 Å². The molecule has 2 aromatic rings. The summed E-state index contributed by atoms with van der Waals surface area (Å²) in [6.45, 7) is 14.2. The van der Waals surface area contributed by atoms with Crippen LogP contribution in [-0.2, 0) is 0 Å². The van der Waals surface area contributed by atoms with E-state index in [1.807, 2.05) is 45.9 Å². The van der Waals surface area contributed by atoms with Crippen molar-refractivity contribution in [1.29, 1.82) is 0 Å². The van der Waals surface area contributed by atoms with Crippen LogP contribution in [0.4, 0.5) is 0 Å². The Kier molecular flexibility index (Phi) is 8.58. The molecule has 0 saturated carbocycles. The van der Waals surface area contributed by atoms with Crippen LogP contribution in [0.1, 0.15) is 61.3 Å². The van der Waals surface area contributed by atoms with Gasteiger partial charge < -0.3 is 18.6 Å². The van der Waals surface area contributed by atoms with E-state index in [-0.39, 0.29) is 24.6 Å². The predicted molar refractivity (Wildman–Crippen MR) is 122 cm³/mol. The van der Waals surface area contributed by atoms with Crippen LogP contribution in [0.25, 0.3) is 11.0 Å². The first-order valence-corrected chi connectivity index (χ1v) is 10.5. The number of hydrogen-bond donors (Lipinski definition) is 0. The normalized spacial score (nSPS) is 11.8. The molecular weight excluding hydrogens is 380 g/mol. The molecule has 5 nitrogen and oxygen atoms in total. The van der Waals surface area contributed by atoms with Crippen molar-refractivity contribution in [3.05, 3.63) is 51.9 Å². The number of ether oxygens (including phenoxy) is 3. The van der Waals surface area contributed by atoms with Crippen molar-refractivity contribution >= 4 is 11.0 Å². The maximum atomic E-state index is 12.7. The molecule has 2 rings (SSSR count). The summed E-state index contributed by atoms with van der Waals surface area (Å²) in [4.78, 5) is 12.7. The van der Waals surface area contributed by atoms with Gasteiger partial charge in [0.1, 0.15) is 6.61 Å². The van der Waals surface area contributed by atoms with Gasteiger partial charge in [-0.25, -0.2) is 4.79 Å². The first-order valence-electron chi connectivity index (χ1n) is 10.5. The van der Waals surface area contributed by atoms with Crippen molar-refractivity contribution in [2.75, 3.05) is 6.61 Å². The Hall–Kier alpha value is -2.69. The zero-order chi connectivity index (χ0) is 22.3.